The highest BCUT2D eigenvalue weighted by Crippen LogP contribution is 2.39. The maximum atomic E-state index is 6.37. The average Bonchev–Trinajstić information content (AvgIpc) is 2.93. The van der Waals surface area contributed by atoms with Crippen LogP contribution in [0.1, 0.15) is 76.2 Å². The summed E-state index contributed by atoms with van der Waals surface area (Å²) < 4.78 is 0. The van der Waals surface area contributed by atoms with E-state index >= 15 is 0 Å². The van der Waals surface area contributed by atoms with Crippen LogP contribution in [-0.2, 0) is 5.41 Å². The Morgan fingerprint density at radius 3 is 2.00 bits per heavy atom. The van der Waals surface area contributed by atoms with Crippen molar-refractivity contribution >= 4 is 46.5 Å². The Morgan fingerprint density at radius 2 is 1.42 bits per heavy atom. The number of halogens is 1. The van der Waals surface area contributed by atoms with E-state index in [0.717, 1.165) is 62.2 Å². The van der Waals surface area contributed by atoms with Crippen LogP contribution < -0.4 is 20.4 Å². The summed E-state index contributed by atoms with van der Waals surface area (Å²) in [6.07, 6.45) is 13.5. The molecular weight excluding hydrogens is 488 g/mol. The third-order valence-electron chi connectivity index (χ3n) is 8.12. The standard InChI is InChI=1S/C28H39ClN6S/c29-23-12-10-11-22(19-23)28(13-4-1-5-14-28)21-30-27(36)33-26-31-24(34-15-6-2-7-16-34)20-25(32-26)35-17-8-3-9-18-35/h10-12,19-20H,1-9,13-18,21H2,(H2,30,31,32,33,36). The first-order valence-corrected chi connectivity index (χ1v) is 14.6. The first kappa shape index (κ1) is 25.5. The van der Waals surface area contributed by atoms with Gasteiger partial charge >= 0.3 is 0 Å². The first-order chi connectivity index (χ1) is 17.6. The lowest BCUT2D eigenvalue weighted by Crippen LogP contribution is -2.43. The summed E-state index contributed by atoms with van der Waals surface area (Å²) in [6.45, 7) is 5.01. The van der Waals surface area contributed by atoms with Crippen LogP contribution in [0.4, 0.5) is 17.6 Å². The van der Waals surface area contributed by atoms with Crippen molar-refractivity contribution in [2.24, 2.45) is 0 Å². The van der Waals surface area contributed by atoms with Crippen LogP contribution in [-0.4, -0.2) is 47.8 Å². The fourth-order valence-corrected chi connectivity index (χ4v) is 6.41. The zero-order chi connectivity index (χ0) is 24.8. The Hall–Kier alpha value is -2.12. The van der Waals surface area contributed by atoms with Crippen LogP contribution in [0.15, 0.2) is 30.3 Å². The molecule has 2 aromatic rings. The van der Waals surface area contributed by atoms with E-state index in [-0.39, 0.29) is 5.41 Å². The molecule has 2 aliphatic heterocycles. The molecule has 0 unspecified atom stereocenters. The molecule has 0 bridgehead atoms. The van der Waals surface area contributed by atoms with Crippen molar-refractivity contribution in [2.75, 3.05) is 47.8 Å². The minimum atomic E-state index is 0.0460. The van der Waals surface area contributed by atoms with Crippen LogP contribution in [0.3, 0.4) is 0 Å². The van der Waals surface area contributed by atoms with Gasteiger partial charge in [0.25, 0.3) is 0 Å². The Labute approximate surface area is 226 Å². The number of rotatable bonds is 6. The minimum absolute atomic E-state index is 0.0460. The molecule has 3 fully saturated rings. The monoisotopic (exact) mass is 526 g/mol. The van der Waals surface area contributed by atoms with Crippen molar-refractivity contribution in [1.82, 2.24) is 15.3 Å². The first-order valence-electron chi connectivity index (χ1n) is 13.8. The molecule has 8 heteroatoms. The number of hydrogen-bond acceptors (Lipinski definition) is 5. The molecule has 2 N–H and O–H groups in total. The van der Waals surface area contributed by atoms with Gasteiger partial charge in [-0.05, 0) is 81.3 Å². The fraction of sp³-hybridized carbons (Fsp3) is 0.607. The minimum Gasteiger partial charge on any atom is -0.361 e. The summed E-state index contributed by atoms with van der Waals surface area (Å²) in [5, 5.41) is 8.25. The molecule has 1 saturated carbocycles. The fourth-order valence-electron chi connectivity index (χ4n) is 6.06. The number of aromatic nitrogens is 2. The van der Waals surface area contributed by atoms with Gasteiger partial charge in [0.1, 0.15) is 11.6 Å². The quantitative estimate of drug-likeness (QED) is 0.428. The van der Waals surface area contributed by atoms with E-state index in [4.69, 9.17) is 33.8 Å². The van der Waals surface area contributed by atoms with E-state index < -0.39 is 0 Å². The lowest BCUT2D eigenvalue weighted by molar-refractivity contribution is 0.292. The molecule has 6 nitrogen and oxygen atoms in total. The Balaban J connectivity index is 1.31. The molecule has 1 aliphatic carbocycles. The lowest BCUT2D eigenvalue weighted by atomic mass is 9.69. The van der Waals surface area contributed by atoms with Gasteiger partial charge in [0, 0.05) is 49.2 Å². The molecule has 0 radical (unpaired) electrons. The highest BCUT2D eigenvalue weighted by atomic mass is 35.5. The zero-order valence-electron chi connectivity index (χ0n) is 21.3. The second kappa shape index (κ2) is 12.0. The number of hydrogen-bond donors (Lipinski definition) is 2. The molecule has 1 aromatic carbocycles. The summed E-state index contributed by atoms with van der Waals surface area (Å²) >= 11 is 12.1. The smallest absolute Gasteiger partial charge is 0.232 e. The van der Waals surface area contributed by atoms with Crippen LogP contribution in [0, 0.1) is 0 Å². The third-order valence-corrected chi connectivity index (χ3v) is 8.60. The number of thiocarbonyl (C=S) groups is 1. The molecular formula is C28H39ClN6S. The average molecular weight is 527 g/mol. The molecule has 0 spiro atoms. The maximum absolute atomic E-state index is 6.37. The van der Waals surface area contributed by atoms with Gasteiger partial charge in [0.2, 0.25) is 5.95 Å². The summed E-state index contributed by atoms with van der Waals surface area (Å²) in [7, 11) is 0. The van der Waals surface area contributed by atoms with Crippen LogP contribution in [0.2, 0.25) is 5.02 Å². The summed E-state index contributed by atoms with van der Waals surface area (Å²) in [4.78, 5) is 14.6. The summed E-state index contributed by atoms with van der Waals surface area (Å²) in [6, 6.07) is 10.5. The van der Waals surface area contributed by atoms with Crippen molar-refractivity contribution in [1.29, 1.82) is 0 Å². The molecule has 0 amide bonds. The van der Waals surface area contributed by atoms with E-state index in [2.05, 4.69) is 44.7 Å². The topological polar surface area (TPSA) is 56.3 Å². The van der Waals surface area contributed by atoms with Crippen molar-refractivity contribution < 1.29 is 0 Å². The van der Waals surface area contributed by atoms with E-state index in [1.165, 1.54) is 63.4 Å². The number of benzene rings is 1. The second-order valence-corrected chi connectivity index (χ2v) is 11.5. The van der Waals surface area contributed by atoms with Gasteiger partial charge in [-0.1, -0.05) is 43.0 Å². The predicted octanol–water partition coefficient (Wildman–Crippen LogP) is 6.30. The van der Waals surface area contributed by atoms with Gasteiger partial charge < -0.3 is 20.4 Å². The van der Waals surface area contributed by atoms with Crippen molar-refractivity contribution in [3.05, 3.63) is 40.9 Å². The molecule has 2 saturated heterocycles. The van der Waals surface area contributed by atoms with Gasteiger partial charge in [0.15, 0.2) is 5.11 Å². The summed E-state index contributed by atoms with van der Waals surface area (Å²) in [5.41, 5.74) is 1.35. The predicted molar refractivity (Wildman–Crippen MR) is 155 cm³/mol. The van der Waals surface area contributed by atoms with E-state index in [1.54, 1.807) is 0 Å². The Morgan fingerprint density at radius 1 is 0.833 bits per heavy atom. The van der Waals surface area contributed by atoms with Crippen molar-refractivity contribution in [3.63, 3.8) is 0 Å². The molecule has 3 aliphatic rings. The second-order valence-electron chi connectivity index (χ2n) is 10.7. The molecule has 0 atom stereocenters. The lowest BCUT2D eigenvalue weighted by Gasteiger charge is -2.38. The maximum Gasteiger partial charge on any atom is 0.232 e. The SMILES string of the molecule is S=C(NCC1(c2cccc(Cl)c2)CCCCC1)Nc1nc(N2CCCCC2)cc(N2CCCCC2)n1. The molecule has 1 aromatic heterocycles. The molecule has 3 heterocycles. The molecule has 36 heavy (non-hydrogen) atoms. The van der Waals surface area contributed by atoms with Crippen LogP contribution in [0.5, 0.6) is 0 Å². The van der Waals surface area contributed by atoms with Crippen LogP contribution >= 0.6 is 23.8 Å². The van der Waals surface area contributed by atoms with Gasteiger partial charge in [0.05, 0.1) is 0 Å². The van der Waals surface area contributed by atoms with Crippen molar-refractivity contribution in [2.45, 2.75) is 76.0 Å². The zero-order valence-corrected chi connectivity index (χ0v) is 22.8. The normalized spacial score (nSPS) is 20.1. The third kappa shape index (κ3) is 6.23. The van der Waals surface area contributed by atoms with Gasteiger partial charge in [-0.25, -0.2) is 0 Å². The number of anilines is 3. The summed E-state index contributed by atoms with van der Waals surface area (Å²) in [5.74, 6) is 2.62. The van der Waals surface area contributed by atoms with Gasteiger partial charge in [-0.3, -0.25) is 0 Å². The van der Waals surface area contributed by atoms with Crippen LogP contribution in [0.25, 0.3) is 0 Å². The van der Waals surface area contributed by atoms with E-state index in [9.17, 15) is 0 Å². The Kier molecular flexibility index (Phi) is 8.47. The largest absolute Gasteiger partial charge is 0.361 e. The molecule has 194 valence electrons. The highest BCUT2D eigenvalue weighted by molar-refractivity contribution is 7.80. The molecule has 5 rings (SSSR count). The van der Waals surface area contributed by atoms with Gasteiger partial charge in [-0.15, -0.1) is 0 Å². The highest BCUT2D eigenvalue weighted by Gasteiger charge is 2.34. The number of piperidine rings is 2. The van der Waals surface area contributed by atoms with Crippen molar-refractivity contribution in [3.8, 4) is 0 Å². The number of nitrogens with zero attached hydrogens (tertiary/aromatic N) is 4. The van der Waals surface area contributed by atoms with E-state index in [1.807, 2.05) is 6.07 Å². The number of nitrogens with one attached hydrogen (secondary N) is 2. The Bertz CT molecular complexity index is 992. The van der Waals surface area contributed by atoms with E-state index in [0.29, 0.717) is 11.1 Å². The van der Waals surface area contributed by atoms with Gasteiger partial charge in [-0.2, -0.15) is 9.97 Å².